The molecule has 18 heavy (non-hydrogen) atoms. The second kappa shape index (κ2) is 5.68. The summed E-state index contributed by atoms with van der Waals surface area (Å²) >= 11 is 7.97. The van der Waals surface area contributed by atoms with Gasteiger partial charge in [-0.25, -0.2) is 0 Å². The van der Waals surface area contributed by atoms with Crippen LogP contribution in [-0.4, -0.2) is 0 Å². The lowest BCUT2D eigenvalue weighted by atomic mass is 10.2. The molecular formula is C15H16ClNS. The molecule has 94 valence electrons. The van der Waals surface area contributed by atoms with Crippen molar-refractivity contribution in [3.05, 3.63) is 58.1 Å². The van der Waals surface area contributed by atoms with Gasteiger partial charge in [0.05, 0.1) is 0 Å². The fourth-order valence-electron chi connectivity index (χ4n) is 1.80. The summed E-state index contributed by atoms with van der Waals surface area (Å²) < 4.78 is 0. The predicted molar refractivity (Wildman–Crippen MR) is 81.3 cm³/mol. The van der Waals surface area contributed by atoms with Gasteiger partial charge >= 0.3 is 0 Å². The summed E-state index contributed by atoms with van der Waals surface area (Å²) in [6.07, 6.45) is 0. The van der Waals surface area contributed by atoms with Gasteiger partial charge in [-0.2, -0.15) is 0 Å². The maximum Gasteiger partial charge on any atom is 0.0466 e. The third-order valence-electron chi connectivity index (χ3n) is 2.79. The summed E-state index contributed by atoms with van der Waals surface area (Å²) in [5, 5.41) is 0.743. The molecule has 0 amide bonds. The van der Waals surface area contributed by atoms with Crippen LogP contribution in [0.3, 0.4) is 0 Å². The molecule has 0 unspecified atom stereocenters. The van der Waals surface area contributed by atoms with Gasteiger partial charge in [-0.1, -0.05) is 35.4 Å². The molecule has 0 radical (unpaired) electrons. The number of nitrogens with two attached hydrogens (primary N) is 1. The second-order valence-electron chi connectivity index (χ2n) is 4.41. The molecule has 0 saturated carbocycles. The number of rotatable bonds is 3. The van der Waals surface area contributed by atoms with E-state index in [-0.39, 0.29) is 0 Å². The first-order chi connectivity index (χ1) is 8.56. The lowest BCUT2D eigenvalue weighted by molar-refractivity contribution is 1.25. The number of hydrogen-bond donors (Lipinski definition) is 1. The molecule has 0 saturated heterocycles. The van der Waals surface area contributed by atoms with E-state index in [0.29, 0.717) is 5.69 Å². The fourth-order valence-corrected chi connectivity index (χ4v) is 3.15. The number of aryl methyl sites for hydroxylation is 2. The van der Waals surface area contributed by atoms with Crippen molar-refractivity contribution in [3.8, 4) is 0 Å². The van der Waals surface area contributed by atoms with Crippen molar-refractivity contribution in [2.45, 2.75) is 24.5 Å². The first-order valence-electron chi connectivity index (χ1n) is 5.80. The van der Waals surface area contributed by atoms with Crippen LogP contribution in [0.4, 0.5) is 5.69 Å². The summed E-state index contributed by atoms with van der Waals surface area (Å²) in [5.74, 6) is 0.864. The van der Waals surface area contributed by atoms with Crippen molar-refractivity contribution in [2.75, 3.05) is 5.73 Å². The Bertz CT molecular complexity index is 515. The molecule has 1 nitrogen and oxygen atoms in total. The fraction of sp³-hybridized carbons (Fsp3) is 0.200. The van der Waals surface area contributed by atoms with E-state index in [4.69, 9.17) is 17.3 Å². The van der Waals surface area contributed by atoms with E-state index in [1.54, 1.807) is 17.8 Å². The minimum atomic E-state index is 0.709. The van der Waals surface area contributed by atoms with Gasteiger partial charge in [0, 0.05) is 21.4 Å². The largest absolute Gasteiger partial charge is 0.399 e. The highest BCUT2D eigenvalue weighted by Gasteiger charge is 2.04. The van der Waals surface area contributed by atoms with Gasteiger partial charge in [-0.05, 0) is 43.2 Å². The lowest BCUT2D eigenvalue weighted by Crippen LogP contribution is -1.89. The Morgan fingerprint density at radius 1 is 1.11 bits per heavy atom. The minimum absolute atomic E-state index is 0.709. The van der Waals surface area contributed by atoms with Gasteiger partial charge in [0.15, 0.2) is 0 Å². The van der Waals surface area contributed by atoms with Crippen molar-refractivity contribution < 1.29 is 0 Å². The highest BCUT2D eigenvalue weighted by Crippen LogP contribution is 2.30. The molecular weight excluding hydrogens is 262 g/mol. The number of halogens is 1. The molecule has 0 spiro atoms. The third-order valence-corrected chi connectivity index (χ3v) is 4.37. The first kappa shape index (κ1) is 13.3. The molecule has 2 N–H and O–H groups in total. The van der Waals surface area contributed by atoms with Gasteiger partial charge < -0.3 is 5.73 Å². The Kier molecular flexibility index (Phi) is 4.20. The molecule has 0 aliphatic rings. The molecule has 2 aromatic rings. The maximum atomic E-state index is 6.17. The van der Waals surface area contributed by atoms with E-state index in [1.807, 2.05) is 12.1 Å². The molecule has 0 heterocycles. The Hall–Kier alpha value is -1.12. The number of nitrogen functional groups attached to an aromatic ring is 1. The third kappa shape index (κ3) is 3.21. The van der Waals surface area contributed by atoms with Crippen LogP contribution in [0.15, 0.2) is 41.3 Å². The van der Waals surface area contributed by atoms with Crippen LogP contribution in [0.2, 0.25) is 5.02 Å². The normalized spacial score (nSPS) is 10.6. The molecule has 2 aromatic carbocycles. The predicted octanol–water partition coefficient (Wildman–Crippen LogP) is 4.83. The first-order valence-corrected chi connectivity index (χ1v) is 7.16. The second-order valence-corrected chi connectivity index (χ2v) is 5.83. The van der Waals surface area contributed by atoms with Crippen molar-refractivity contribution in [1.82, 2.24) is 0 Å². The Morgan fingerprint density at radius 3 is 2.56 bits per heavy atom. The SMILES string of the molecule is Cc1ccc(SCc2ccc(N)cc2Cl)c(C)c1. The number of hydrogen-bond acceptors (Lipinski definition) is 2. The monoisotopic (exact) mass is 277 g/mol. The van der Waals surface area contributed by atoms with Crippen LogP contribution in [0.25, 0.3) is 0 Å². The summed E-state index contributed by atoms with van der Waals surface area (Å²) in [4.78, 5) is 1.30. The van der Waals surface area contributed by atoms with E-state index >= 15 is 0 Å². The van der Waals surface area contributed by atoms with E-state index in [0.717, 1.165) is 16.3 Å². The molecule has 0 aliphatic carbocycles. The van der Waals surface area contributed by atoms with Gasteiger partial charge in [0.1, 0.15) is 0 Å². The molecule has 0 aromatic heterocycles. The summed E-state index contributed by atoms with van der Waals surface area (Å²) in [7, 11) is 0. The summed E-state index contributed by atoms with van der Waals surface area (Å²) in [6.45, 7) is 4.25. The van der Waals surface area contributed by atoms with Crippen molar-refractivity contribution in [3.63, 3.8) is 0 Å². The zero-order valence-electron chi connectivity index (χ0n) is 10.5. The quantitative estimate of drug-likeness (QED) is 0.642. The van der Waals surface area contributed by atoms with Crippen LogP contribution in [0.5, 0.6) is 0 Å². The van der Waals surface area contributed by atoms with Crippen molar-refractivity contribution in [1.29, 1.82) is 0 Å². The smallest absolute Gasteiger partial charge is 0.0466 e. The van der Waals surface area contributed by atoms with Crippen molar-refractivity contribution in [2.24, 2.45) is 0 Å². The van der Waals surface area contributed by atoms with Crippen molar-refractivity contribution >= 4 is 29.1 Å². The molecule has 0 fully saturated rings. The van der Waals surface area contributed by atoms with Gasteiger partial charge in [-0.15, -0.1) is 11.8 Å². The molecule has 0 aliphatic heterocycles. The van der Waals surface area contributed by atoms with E-state index in [1.165, 1.54) is 16.0 Å². The van der Waals surface area contributed by atoms with Gasteiger partial charge in [0.2, 0.25) is 0 Å². The summed E-state index contributed by atoms with van der Waals surface area (Å²) in [6, 6.07) is 12.2. The highest BCUT2D eigenvalue weighted by atomic mass is 35.5. The zero-order chi connectivity index (χ0) is 13.1. The number of anilines is 1. The Morgan fingerprint density at radius 2 is 1.89 bits per heavy atom. The van der Waals surface area contributed by atoms with Crippen LogP contribution in [-0.2, 0) is 5.75 Å². The molecule has 0 atom stereocenters. The average molecular weight is 278 g/mol. The Balaban J connectivity index is 2.11. The van der Waals surface area contributed by atoms with Gasteiger partial charge in [0.25, 0.3) is 0 Å². The Labute approximate surface area is 117 Å². The maximum absolute atomic E-state index is 6.17. The minimum Gasteiger partial charge on any atom is -0.399 e. The lowest BCUT2D eigenvalue weighted by Gasteiger charge is -2.08. The van der Waals surface area contributed by atoms with Crippen LogP contribution >= 0.6 is 23.4 Å². The van der Waals surface area contributed by atoms with E-state index < -0.39 is 0 Å². The molecule has 3 heteroatoms. The number of thioether (sulfide) groups is 1. The molecule has 0 bridgehead atoms. The number of benzene rings is 2. The standard InChI is InChI=1S/C15H16ClNS/c1-10-3-6-15(11(2)7-10)18-9-12-4-5-13(17)8-14(12)16/h3-8H,9,17H2,1-2H3. The zero-order valence-corrected chi connectivity index (χ0v) is 12.1. The van der Waals surface area contributed by atoms with E-state index in [9.17, 15) is 0 Å². The topological polar surface area (TPSA) is 26.0 Å². The van der Waals surface area contributed by atoms with Crippen LogP contribution < -0.4 is 5.73 Å². The summed E-state index contributed by atoms with van der Waals surface area (Å²) in [5.41, 5.74) is 10.1. The van der Waals surface area contributed by atoms with Crippen LogP contribution in [0, 0.1) is 13.8 Å². The van der Waals surface area contributed by atoms with E-state index in [2.05, 4.69) is 32.0 Å². The highest BCUT2D eigenvalue weighted by molar-refractivity contribution is 7.98. The van der Waals surface area contributed by atoms with Crippen LogP contribution in [0.1, 0.15) is 16.7 Å². The van der Waals surface area contributed by atoms with Gasteiger partial charge in [-0.3, -0.25) is 0 Å². The average Bonchev–Trinajstić information content (AvgIpc) is 2.30. The molecule has 2 rings (SSSR count).